The SMILES string of the molecule is CCC(C)n1ccc(COC(=O)c2ccc(N)cc2F)n1. The van der Waals surface area contributed by atoms with Crippen molar-refractivity contribution in [3.05, 3.63) is 47.5 Å². The predicted molar refractivity (Wildman–Crippen MR) is 77.2 cm³/mol. The number of aromatic nitrogens is 2. The maximum Gasteiger partial charge on any atom is 0.341 e. The van der Waals surface area contributed by atoms with Crippen LogP contribution in [0.1, 0.15) is 42.4 Å². The van der Waals surface area contributed by atoms with Crippen molar-refractivity contribution in [3.63, 3.8) is 0 Å². The van der Waals surface area contributed by atoms with Gasteiger partial charge in [-0.2, -0.15) is 5.10 Å². The van der Waals surface area contributed by atoms with E-state index in [9.17, 15) is 9.18 Å². The maximum absolute atomic E-state index is 13.6. The van der Waals surface area contributed by atoms with Gasteiger partial charge in [0.1, 0.15) is 12.4 Å². The summed E-state index contributed by atoms with van der Waals surface area (Å²) in [5.74, 6) is -1.42. The average Bonchev–Trinajstić information content (AvgIpc) is 2.92. The number of nitrogen functional groups attached to an aromatic ring is 1. The van der Waals surface area contributed by atoms with E-state index in [0.29, 0.717) is 5.69 Å². The highest BCUT2D eigenvalue weighted by atomic mass is 19.1. The van der Waals surface area contributed by atoms with Gasteiger partial charge in [0, 0.05) is 17.9 Å². The van der Waals surface area contributed by atoms with Crippen molar-refractivity contribution in [1.82, 2.24) is 9.78 Å². The van der Waals surface area contributed by atoms with Crippen LogP contribution in [0, 0.1) is 5.82 Å². The molecule has 1 aromatic carbocycles. The number of nitrogens with two attached hydrogens (primary N) is 1. The smallest absolute Gasteiger partial charge is 0.341 e. The topological polar surface area (TPSA) is 70.1 Å². The zero-order valence-corrected chi connectivity index (χ0v) is 12.0. The van der Waals surface area contributed by atoms with Crippen molar-refractivity contribution in [2.45, 2.75) is 32.9 Å². The Hall–Kier alpha value is -2.37. The van der Waals surface area contributed by atoms with Crippen LogP contribution < -0.4 is 5.73 Å². The summed E-state index contributed by atoms with van der Waals surface area (Å²) in [6, 6.07) is 5.92. The molecule has 0 aliphatic carbocycles. The minimum atomic E-state index is -0.731. The molecule has 112 valence electrons. The Morgan fingerprint density at radius 3 is 2.90 bits per heavy atom. The minimum absolute atomic E-state index is 0.00604. The van der Waals surface area contributed by atoms with Crippen LogP contribution >= 0.6 is 0 Å². The second-order valence-corrected chi connectivity index (χ2v) is 4.86. The van der Waals surface area contributed by atoms with E-state index < -0.39 is 11.8 Å². The second kappa shape index (κ2) is 6.39. The van der Waals surface area contributed by atoms with E-state index in [0.717, 1.165) is 12.5 Å². The lowest BCUT2D eigenvalue weighted by Gasteiger charge is -2.08. The summed E-state index contributed by atoms with van der Waals surface area (Å²) in [5, 5.41) is 4.31. The summed E-state index contributed by atoms with van der Waals surface area (Å²) in [6.45, 7) is 4.12. The molecule has 1 aromatic heterocycles. The first-order chi connectivity index (χ1) is 10.0. The molecule has 1 unspecified atom stereocenters. The highest BCUT2D eigenvalue weighted by Crippen LogP contribution is 2.14. The number of carbonyl (C=O) groups is 1. The first-order valence-electron chi connectivity index (χ1n) is 6.77. The molecule has 0 aliphatic heterocycles. The van der Waals surface area contributed by atoms with Crippen molar-refractivity contribution in [3.8, 4) is 0 Å². The number of carbonyl (C=O) groups excluding carboxylic acids is 1. The molecule has 21 heavy (non-hydrogen) atoms. The number of hydrogen-bond donors (Lipinski definition) is 1. The molecule has 0 spiro atoms. The van der Waals surface area contributed by atoms with Crippen LogP contribution in [0.3, 0.4) is 0 Å². The molecule has 5 nitrogen and oxygen atoms in total. The third kappa shape index (κ3) is 3.59. The lowest BCUT2D eigenvalue weighted by Crippen LogP contribution is -2.09. The number of benzene rings is 1. The van der Waals surface area contributed by atoms with Crippen LogP contribution in [0.2, 0.25) is 0 Å². The van der Waals surface area contributed by atoms with Gasteiger partial charge < -0.3 is 10.5 Å². The molecule has 0 saturated heterocycles. The van der Waals surface area contributed by atoms with Crippen LogP contribution in [0.25, 0.3) is 0 Å². The molecule has 2 aromatic rings. The summed E-state index contributed by atoms with van der Waals surface area (Å²) in [5.41, 5.74) is 6.18. The van der Waals surface area contributed by atoms with E-state index in [1.807, 2.05) is 17.8 Å². The first kappa shape index (κ1) is 15.0. The zero-order chi connectivity index (χ0) is 15.4. The van der Waals surface area contributed by atoms with Crippen LogP contribution in [0.5, 0.6) is 0 Å². The van der Waals surface area contributed by atoms with Crippen LogP contribution in [0.15, 0.2) is 30.5 Å². The molecule has 0 saturated carbocycles. The van der Waals surface area contributed by atoms with Crippen molar-refractivity contribution < 1.29 is 13.9 Å². The fourth-order valence-corrected chi connectivity index (χ4v) is 1.80. The summed E-state index contributed by atoms with van der Waals surface area (Å²) in [4.78, 5) is 11.8. The van der Waals surface area contributed by atoms with Crippen molar-refractivity contribution in [2.24, 2.45) is 0 Å². The standard InChI is InChI=1S/C15H18FN3O2/c1-3-10(2)19-7-6-12(18-19)9-21-15(20)13-5-4-11(17)8-14(13)16/h4-8,10H,3,9,17H2,1-2H3. The quantitative estimate of drug-likeness (QED) is 0.679. The van der Waals surface area contributed by atoms with E-state index in [1.54, 1.807) is 6.07 Å². The molecule has 6 heteroatoms. The zero-order valence-electron chi connectivity index (χ0n) is 12.0. The monoisotopic (exact) mass is 291 g/mol. The van der Waals surface area contributed by atoms with Crippen LogP contribution in [-0.2, 0) is 11.3 Å². The third-order valence-electron chi connectivity index (χ3n) is 3.27. The number of esters is 1. The van der Waals surface area contributed by atoms with Gasteiger partial charge in [-0.1, -0.05) is 6.92 Å². The second-order valence-electron chi connectivity index (χ2n) is 4.86. The van der Waals surface area contributed by atoms with Gasteiger partial charge in [0.25, 0.3) is 0 Å². The molecule has 2 rings (SSSR count). The fraction of sp³-hybridized carbons (Fsp3) is 0.333. The Labute approximate surface area is 122 Å². The normalized spacial score (nSPS) is 12.1. The largest absolute Gasteiger partial charge is 0.455 e. The summed E-state index contributed by atoms with van der Waals surface area (Å²) >= 11 is 0. The number of ether oxygens (including phenoxy) is 1. The molecular formula is C15H18FN3O2. The number of halogens is 1. The van der Waals surface area contributed by atoms with Crippen molar-refractivity contribution >= 4 is 11.7 Å². The molecule has 0 bridgehead atoms. The van der Waals surface area contributed by atoms with Gasteiger partial charge in [0.15, 0.2) is 0 Å². The fourth-order valence-electron chi connectivity index (χ4n) is 1.80. The first-order valence-corrected chi connectivity index (χ1v) is 6.77. The molecule has 0 aliphatic rings. The third-order valence-corrected chi connectivity index (χ3v) is 3.27. The number of hydrogen-bond acceptors (Lipinski definition) is 4. The average molecular weight is 291 g/mol. The van der Waals surface area contributed by atoms with Crippen molar-refractivity contribution in [1.29, 1.82) is 0 Å². The number of nitrogens with zero attached hydrogens (tertiary/aromatic N) is 2. The van der Waals surface area contributed by atoms with E-state index in [2.05, 4.69) is 12.0 Å². The van der Waals surface area contributed by atoms with E-state index >= 15 is 0 Å². The predicted octanol–water partition coefficient (Wildman–Crippen LogP) is 2.93. The van der Waals surface area contributed by atoms with E-state index in [4.69, 9.17) is 10.5 Å². The maximum atomic E-state index is 13.6. The Kier molecular flexibility index (Phi) is 4.57. The van der Waals surface area contributed by atoms with Gasteiger partial charge in [-0.25, -0.2) is 9.18 Å². The molecule has 0 amide bonds. The van der Waals surface area contributed by atoms with E-state index in [1.165, 1.54) is 12.1 Å². The number of anilines is 1. The van der Waals surface area contributed by atoms with Crippen molar-refractivity contribution in [2.75, 3.05) is 5.73 Å². The molecular weight excluding hydrogens is 273 g/mol. The Balaban J connectivity index is 1.99. The molecule has 0 fully saturated rings. The summed E-state index contributed by atoms with van der Waals surface area (Å²) in [6.07, 6.45) is 2.79. The number of rotatable bonds is 5. The van der Waals surface area contributed by atoms with Gasteiger partial charge in [-0.05, 0) is 37.6 Å². The van der Waals surface area contributed by atoms with Crippen LogP contribution in [0.4, 0.5) is 10.1 Å². The van der Waals surface area contributed by atoms with Gasteiger partial charge >= 0.3 is 5.97 Å². The summed E-state index contributed by atoms with van der Waals surface area (Å²) < 4.78 is 20.5. The highest BCUT2D eigenvalue weighted by Gasteiger charge is 2.14. The Bertz CT molecular complexity index is 640. The molecule has 1 atom stereocenters. The van der Waals surface area contributed by atoms with Gasteiger partial charge in [0.05, 0.1) is 11.3 Å². The molecule has 2 N–H and O–H groups in total. The van der Waals surface area contributed by atoms with Gasteiger partial charge in [-0.15, -0.1) is 0 Å². The summed E-state index contributed by atoms with van der Waals surface area (Å²) in [7, 11) is 0. The highest BCUT2D eigenvalue weighted by molar-refractivity contribution is 5.90. The van der Waals surface area contributed by atoms with Gasteiger partial charge in [0.2, 0.25) is 0 Å². The minimum Gasteiger partial charge on any atom is -0.455 e. The Morgan fingerprint density at radius 2 is 2.24 bits per heavy atom. The lowest BCUT2D eigenvalue weighted by molar-refractivity contribution is 0.0461. The Morgan fingerprint density at radius 1 is 1.48 bits per heavy atom. The molecule has 0 radical (unpaired) electrons. The molecule has 1 heterocycles. The van der Waals surface area contributed by atoms with Gasteiger partial charge in [-0.3, -0.25) is 4.68 Å². The van der Waals surface area contributed by atoms with E-state index in [-0.39, 0.29) is 23.9 Å². The lowest BCUT2D eigenvalue weighted by atomic mass is 10.2. The van der Waals surface area contributed by atoms with Crippen LogP contribution in [-0.4, -0.2) is 15.7 Å².